The lowest BCUT2D eigenvalue weighted by Crippen LogP contribution is -2.33. The monoisotopic (exact) mass is 301 g/mol. The molecular formula is C16H25F2NO2. The lowest BCUT2D eigenvalue weighted by molar-refractivity contribution is 0.135. The predicted octanol–water partition coefficient (Wildman–Crippen LogP) is 3.10. The molecule has 0 fully saturated rings. The fraction of sp³-hybridized carbons (Fsp3) is 0.625. The van der Waals surface area contributed by atoms with Gasteiger partial charge in [-0.1, -0.05) is 6.07 Å². The van der Waals surface area contributed by atoms with Crippen LogP contribution in [0.5, 0.6) is 5.75 Å². The summed E-state index contributed by atoms with van der Waals surface area (Å²) in [6.07, 6.45) is 0.153. The summed E-state index contributed by atoms with van der Waals surface area (Å²) in [5.41, 5.74) is 1.69. The number of alkyl halides is 2. The normalized spacial score (nSPS) is 14.0. The standard InChI is InChI=1S/C16H25F2NO2/c1-12-11-14(5-6-15(12)21-10-4-8-18)16(20)13(2)19-9-3-7-17/h5-6,11,13,16,19-20H,3-4,7-10H2,1-2H3. The zero-order chi connectivity index (χ0) is 15.7. The Labute approximate surface area is 125 Å². The van der Waals surface area contributed by atoms with Gasteiger partial charge in [0.25, 0.3) is 0 Å². The van der Waals surface area contributed by atoms with E-state index in [1.165, 1.54) is 0 Å². The van der Waals surface area contributed by atoms with Crippen molar-refractivity contribution < 1.29 is 18.6 Å². The van der Waals surface area contributed by atoms with Crippen molar-refractivity contribution >= 4 is 0 Å². The highest BCUT2D eigenvalue weighted by Crippen LogP contribution is 2.24. The first-order valence-corrected chi connectivity index (χ1v) is 7.37. The molecule has 0 aliphatic rings. The van der Waals surface area contributed by atoms with Gasteiger partial charge in [-0.2, -0.15) is 0 Å². The van der Waals surface area contributed by atoms with Gasteiger partial charge in [0, 0.05) is 12.5 Å². The SMILES string of the molecule is Cc1cc(C(O)C(C)NCCCF)ccc1OCCCF. The highest BCUT2D eigenvalue weighted by molar-refractivity contribution is 5.37. The zero-order valence-electron chi connectivity index (χ0n) is 12.7. The van der Waals surface area contributed by atoms with Crippen LogP contribution in [-0.2, 0) is 0 Å². The first-order chi connectivity index (χ1) is 10.1. The summed E-state index contributed by atoms with van der Waals surface area (Å²) in [4.78, 5) is 0. The maximum Gasteiger partial charge on any atom is 0.122 e. The van der Waals surface area contributed by atoms with Crippen molar-refractivity contribution in [1.29, 1.82) is 0 Å². The number of benzene rings is 1. The lowest BCUT2D eigenvalue weighted by Gasteiger charge is -2.21. The third kappa shape index (κ3) is 5.98. The van der Waals surface area contributed by atoms with Crippen LogP contribution in [0.1, 0.15) is 37.0 Å². The van der Waals surface area contributed by atoms with Crippen LogP contribution < -0.4 is 10.1 Å². The molecule has 21 heavy (non-hydrogen) atoms. The maximum atomic E-state index is 12.1. The summed E-state index contributed by atoms with van der Waals surface area (Å²) in [5, 5.41) is 13.4. The van der Waals surface area contributed by atoms with E-state index < -0.39 is 12.8 Å². The first-order valence-electron chi connectivity index (χ1n) is 7.37. The highest BCUT2D eigenvalue weighted by atomic mass is 19.1. The molecule has 0 spiro atoms. The van der Waals surface area contributed by atoms with E-state index in [1.807, 2.05) is 19.9 Å². The van der Waals surface area contributed by atoms with Gasteiger partial charge in [-0.15, -0.1) is 0 Å². The van der Waals surface area contributed by atoms with Crippen LogP contribution in [0.2, 0.25) is 0 Å². The molecule has 0 aromatic heterocycles. The number of aryl methyl sites for hydroxylation is 1. The molecule has 0 saturated carbocycles. The lowest BCUT2D eigenvalue weighted by atomic mass is 10.0. The third-order valence-corrected chi connectivity index (χ3v) is 3.33. The van der Waals surface area contributed by atoms with Gasteiger partial charge in [-0.05, 0) is 50.1 Å². The van der Waals surface area contributed by atoms with Gasteiger partial charge in [-0.3, -0.25) is 8.78 Å². The molecule has 0 aliphatic carbocycles. The molecule has 1 aromatic rings. The first kappa shape index (κ1) is 17.9. The molecule has 2 atom stereocenters. The largest absolute Gasteiger partial charge is 0.493 e. The smallest absolute Gasteiger partial charge is 0.122 e. The summed E-state index contributed by atoms with van der Waals surface area (Å²) in [7, 11) is 0. The molecular weight excluding hydrogens is 276 g/mol. The van der Waals surface area contributed by atoms with E-state index in [0.717, 1.165) is 11.1 Å². The molecule has 0 radical (unpaired) electrons. The van der Waals surface area contributed by atoms with E-state index in [0.29, 0.717) is 31.7 Å². The second-order valence-electron chi connectivity index (χ2n) is 5.15. The number of nitrogens with one attached hydrogen (secondary N) is 1. The predicted molar refractivity (Wildman–Crippen MR) is 80.3 cm³/mol. The zero-order valence-corrected chi connectivity index (χ0v) is 12.7. The minimum atomic E-state index is -0.664. The number of aliphatic hydroxyl groups is 1. The molecule has 2 unspecified atom stereocenters. The summed E-state index contributed by atoms with van der Waals surface area (Å²) >= 11 is 0. The summed E-state index contributed by atoms with van der Waals surface area (Å²) < 4.78 is 29.6. The van der Waals surface area contributed by atoms with E-state index in [-0.39, 0.29) is 12.7 Å². The van der Waals surface area contributed by atoms with Crippen molar-refractivity contribution in [3.8, 4) is 5.75 Å². The molecule has 0 amide bonds. The van der Waals surface area contributed by atoms with Gasteiger partial charge in [0.2, 0.25) is 0 Å². The van der Waals surface area contributed by atoms with Crippen LogP contribution in [0.15, 0.2) is 18.2 Å². The Morgan fingerprint density at radius 3 is 2.57 bits per heavy atom. The molecule has 120 valence electrons. The Kier molecular flexibility index (Phi) is 8.23. The Morgan fingerprint density at radius 1 is 1.24 bits per heavy atom. The Hall–Kier alpha value is -1.20. The van der Waals surface area contributed by atoms with Crippen LogP contribution in [-0.4, -0.2) is 37.6 Å². The second-order valence-corrected chi connectivity index (χ2v) is 5.15. The summed E-state index contributed by atoms with van der Waals surface area (Å²) in [6, 6.07) is 5.30. The Bertz CT molecular complexity index is 415. The number of hydrogen-bond acceptors (Lipinski definition) is 3. The summed E-state index contributed by atoms with van der Waals surface area (Å²) in [6.45, 7) is 3.89. The van der Waals surface area contributed by atoms with Gasteiger partial charge in [0.15, 0.2) is 0 Å². The molecule has 0 heterocycles. The number of aliphatic hydroxyl groups excluding tert-OH is 1. The van der Waals surface area contributed by atoms with Crippen molar-refractivity contribution in [2.75, 3.05) is 26.5 Å². The molecule has 0 aliphatic heterocycles. The van der Waals surface area contributed by atoms with Gasteiger partial charge >= 0.3 is 0 Å². The fourth-order valence-corrected chi connectivity index (χ4v) is 2.05. The van der Waals surface area contributed by atoms with Crippen molar-refractivity contribution in [2.45, 2.75) is 38.8 Å². The van der Waals surface area contributed by atoms with Gasteiger partial charge in [0.05, 0.1) is 26.1 Å². The number of hydrogen-bond donors (Lipinski definition) is 2. The van der Waals surface area contributed by atoms with Gasteiger partial charge in [0.1, 0.15) is 5.75 Å². The van der Waals surface area contributed by atoms with Gasteiger partial charge < -0.3 is 15.2 Å². The average molecular weight is 301 g/mol. The van der Waals surface area contributed by atoms with E-state index in [9.17, 15) is 13.9 Å². The van der Waals surface area contributed by atoms with Crippen LogP contribution in [0.3, 0.4) is 0 Å². The number of rotatable bonds is 10. The maximum absolute atomic E-state index is 12.1. The Balaban J connectivity index is 2.60. The van der Waals surface area contributed by atoms with E-state index >= 15 is 0 Å². The van der Waals surface area contributed by atoms with Crippen molar-refractivity contribution in [2.24, 2.45) is 0 Å². The molecule has 5 heteroatoms. The third-order valence-electron chi connectivity index (χ3n) is 3.33. The van der Waals surface area contributed by atoms with Crippen molar-refractivity contribution in [1.82, 2.24) is 5.32 Å². The molecule has 0 saturated heterocycles. The topological polar surface area (TPSA) is 41.5 Å². The van der Waals surface area contributed by atoms with Crippen LogP contribution in [0.25, 0.3) is 0 Å². The van der Waals surface area contributed by atoms with Crippen LogP contribution >= 0.6 is 0 Å². The minimum Gasteiger partial charge on any atom is -0.493 e. The molecule has 2 N–H and O–H groups in total. The van der Waals surface area contributed by atoms with E-state index in [4.69, 9.17) is 4.74 Å². The highest BCUT2D eigenvalue weighted by Gasteiger charge is 2.16. The van der Waals surface area contributed by atoms with E-state index in [1.54, 1.807) is 12.1 Å². The average Bonchev–Trinajstić information content (AvgIpc) is 2.48. The quantitative estimate of drug-likeness (QED) is 0.653. The molecule has 1 aromatic carbocycles. The Morgan fingerprint density at radius 2 is 1.95 bits per heavy atom. The van der Waals surface area contributed by atoms with Crippen molar-refractivity contribution in [3.05, 3.63) is 29.3 Å². The van der Waals surface area contributed by atoms with Crippen LogP contribution in [0, 0.1) is 6.92 Å². The number of ether oxygens (including phenoxy) is 1. The number of halogens is 2. The van der Waals surface area contributed by atoms with Crippen molar-refractivity contribution in [3.63, 3.8) is 0 Å². The van der Waals surface area contributed by atoms with Gasteiger partial charge in [-0.25, -0.2) is 0 Å². The van der Waals surface area contributed by atoms with E-state index in [2.05, 4.69) is 5.32 Å². The summed E-state index contributed by atoms with van der Waals surface area (Å²) in [5.74, 6) is 0.706. The fourth-order valence-electron chi connectivity index (χ4n) is 2.05. The molecule has 0 bridgehead atoms. The molecule has 1 rings (SSSR count). The minimum absolute atomic E-state index is 0.158. The second kappa shape index (κ2) is 9.68. The van der Waals surface area contributed by atoms with Crippen LogP contribution in [0.4, 0.5) is 8.78 Å². The molecule has 3 nitrogen and oxygen atoms in total.